The molecule has 0 rings (SSSR count). The second kappa shape index (κ2) is 9.66. The Hall–Kier alpha value is 0.109. The molecule has 0 saturated heterocycles. The van der Waals surface area contributed by atoms with Gasteiger partial charge in [-0.3, -0.25) is 9.59 Å². The summed E-state index contributed by atoms with van der Waals surface area (Å²) in [4.78, 5) is 23.1. The van der Waals surface area contributed by atoms with Crippen molar-refractivity contribution >= 4 is 19.2 Å². The summed E-state index contributed by atoms with van der Waals surface area (Å²) in [5, 5.41) is 8.52. The third kappa shape index (κ3) is 7.51. The van der Waals surface area contributed by atoms with Crippen LogP contribution in [-0.4, -0.2) is 42.3 Å². The molecule has 1 N–H and O–H groups in total. The Balaban J connectivity index is 0. The van der Waals surface area contributed by atoms with E-state index in [-0.39, 0.29) is 45.2 Å². The van der Waals surface area contributed by atoms with Gasteiger partial charge < -0.3 is 10.0 Å². The third-order valence-electron chi connectivity index (χ3n) is 1.55. The molecule has 76 valence electrons. The minimum absolute atomic E-state index is 0. The van der Waals surface area contributed by atoms with Gasteiger partial charge in [-0.15, -0.1) is 0 Å². The zero-order chi connectivity index (χ0) is 10.3. The van der Waals surface area contributed by atoms with Crippen LogP contribution in [0.3, 0.4) is 0 Å². The second-order valence-corrected chi connectivity index (χ2v) is 2.82. The van der Waals surface area contributed by atoms with Crippen molar-refractivity contribution in [2.45, 2.75) is 26.5 Å². The molecular formula is C8H15BNO3Y. The van der Waals surface area contributed by atoms with Crippen LogP contribution in [0.15, 0.2) is 0 Å². The summed E-state index contributed by atoms with van der Waals surface area (Å²) >= 11 is 0. The SMILES string of the molecule is C[B]CC(=O)N(CCC)CC(=O)O.[Y]. The van der Waals surface area contributed by atoms with Gasteiger partial charge >= 0.3 is 5.97 Å². The van der Waals surface area contributed by atoms with E-state index in [1.807, 2.05) is 6.92 Å². The minimum Gasteiger partial charge on any atom is -0.480 e. The first-order valence-electron chi connectivity index (χ1n) is 4.39. The molecule has 0 unspecified atom stereocenters. The molecule has 0 spiro atoms. The van der Waals surface area contributed by atoms with Gasteiger partial charge in [0.1, 0.15) is 13.8 Å². The minimum atomic E-state index is -0.960. The number of carboxylic acids is 1. The predicted octanol–water partition coefficient (Wildman–Crippen LogP) is 0.478. The molecule has 14 heavy (non-hydrogen) atoms. The van der Waals surface area contributed by atoms with Gasteiger partial charge in [-0.05, 0) is 12.7 Å². The van der Waals surface area contributed by atoms with Gasteiger partial charge in [0.15, 0.2) is 0 Å². The Morgan fingerprint density at radius 1 is 1.43 bits per heavy atom. The van der Waals surface area contributed by atoms with Gasteiger partial charge in [0.25, 0.3) is 0 Å². The summed E-state index contributed by atoms with van der Waals surface area (Å²) in [6, 6.07) is 0. The number of hydrogen-bond donors (Lipinski definition) is 1. The average Bonchev–Trinajstić information content (AvgIpc) is 2.03. The fraction of sp³-hybridized carbons (Fsp3) is 0.750. The third-order valence-corrected chi connectivity index (χ3v) is 1.55. The first kappa shape index (κ1) is 16.5. The van der Waals surface area contributed by atoms with Gasteiger partial charge in [-0.1, -0.05) is 13.7 Å². The first-order chi connectivity index (χ1) is 6.11. The van der Waals surface area contributed by atoms with E-state index in [0.717, 1.165) is 6.42 Å². The Labute approximate surface area is 111 Å². The second-order valence-electron chi connectivity index (χ2n) is 2.82. The van der Waals surface area contributed by atoms with E-state index >= 15 is 0 Å². The molecule has 0 aliphatic carbocycles. The van der Waals surface area contributed by atoms with Crippen molar-refractivity contribution in [2.75, 3.05) is 13.1 Å². The molecule has 0 saturated carbocycles. The number of amides is 1. The largest absolute Gasteiger partial charge is 0.480 e. The summed E-state index contributed by atoms with van der Waals surface area (Å²) in [7, 11) is 1.73. The quantitative estimate of drug-likeness (QED) is 0.716. The van der Waals surface area contributed by atoms with E-state index in [1.165, 1.54) is 4.90 Å². The topological polar surface area (TPSA) is 57.6 Å². The molecule has 4 nitrogen and oxygen atoms in total. The van der Waals surface area contributed by atoms with Crippen LogP contribution >= 0.6 is 0 Å². The van der Waals surface area contributed by atoms with E-state index in [9.17, 15) is 9.59 Å². The molecule has 0 aliphatic heterocycles. The van der Waals surface area contributed by atoms with Crippen LogP contribution in [0.2, 0.25) is 13.1 Å². The van der Waals surface area contributed by atoms with Crippen molar-refractivity contribution in [2.24, 2.45) is 0 Å². The van der Waals surface area contributed by atoms with E-state index in [0.29, 0.717) is 12.9 Å². The number of carbonyl (C=O) groups is 2. The summed E-state index contributed by atoms with van der Waals surface area (Å²) < 4.78 is 0. The van der Waals surface area contributed by atoms with Gasteiger partial charge in [-0.2, -0.15) is 0 Å². The summed E-state index contributed by atoms with van der Waals surface area (Å²) in [6.45, 7) is 4.01. The number of nitrogens with zero attached hydrogens (tertiary/aromatic N) is 1. The van der Waals surface area contributed by atoms with Crippen LogP contribution in [0, 0.1) is 0 Å². The summed E-state index contributed by atoms with van der Waals surface area (Å²) in [5.41, 5.74) is 0. The van der Waals surface area contributed by atoms with Crippen LogP contribution in [-0.2, 0) is 42.3 Å². The maximum atomic E-state index is 11.3. The predicted molar refractivity (Wildman–Crippen MR) is 50.9 cm³/mol. The normalized spacial score (nSPS) is 8.71. The van der Waals surface area contributed by atoms with Crippen LogP contribution in [0.4, 0.5) is 0 Å². The van der Waals surface area contributed by atoms with Crippen molar-refractivity contribution in [1.82, 2.24) is 4.90 Å². The van der Waals surface area contributed by atoms with Crippen molar-refractivity contribution in [3.8, 4) is 0 Å². The molecule has 1 amide bonds. The molecule has 6 heteroatoms. The van der Waals surface area contributed by atoms with Crippen LogP contribution in [0.1, 0.15) is 13.3 Å². The maximum absolute atomic E-state index is 11.3. The Bertz CT molecular complexity index is 189. The first-order valence-corrected chi connectivity index (χ1v) is 4.39. The van der Waals surface area contributed by atoms with Crippen molar-refractivity contribution in [3.05, 3.63) is 0 Å². The number of aliphatic carboxylic acids is 1. The number of carbonyl (C=O) groups excluding carboxylic acids is 1. The summed E-state index contributed by atoms with van der Waals surface area (Å²) in [5.74, 6) is -1.08. The number of rotatable bonds is 6. The zero-order valence-electron chi connectivity index (χ0n) is 8.69. The molecule has 0 aromatic carbocycles. The maximum Gasteiger partial charge on any atom is 0.323 e. The fourth-order valence-corrected chi connectivity index (χ4v) is 1.03. The average molecular weight is 273 g/mol. The Morgan fingerprint density at radius 2 is 2.00 bits per heavy atom. The smallest absolute Gasteiger partial charge is 0.323 e. The molecule has 0 aromatic heterocycles. The van der Waals surface area contributed by atoms with Gasteiger partial charge in [-0.25, -0.2) is 0 Å². The van der Waals surface area contributed by atoms with E-state index in [4.69, 9.17) is 5.11 Å². The molecule has 0 aromatic rings. The molecule has 0 fully saturated rings. The van der Waals surface area contributed by atoms with Gasteiger partial charge in [0, 0.05) is 39.3 Å². The Kier molecular flexibility index (Phi) is 11.4. The molecule has 0 atom stereocenters. The fourth-order valence-electron chi connectivity index (χ4n) is 1.03. The van der Waals surface area contributed by atoms with Gasteiger partial charge in [0.2, 0.25) is 5.91 Å². The number of carboxylic acid groups (broad SMARTS) is 1. The van der Waals surface area contributed by atoms with Crippen molar-refractivity contribution in [1.29, 1.82) is 0 Å². The van der Waals surface area contributed by atoms with Gasteiger partial charge in [0.05, 0.1) is 0 Å². The van der Waals surface area contributed by atoms with Crippen molar-refractivity contribution in [3.63, 3.8) is 0 Å². The van der Waals surface area contributed by atoms with Crippen LogP contribution in [0.25, 0.3) is 0 Å². The molecule has 0 aliphatic rings. The summed E-state index contributed by atoms with van der Waals surface area (Å²) in [6.07, 6.45) is 1.09. The molecule has 0 bridgehead atoms. The van der Waals surface area contributed by atoms with Crippen molar-refractivity contribution < 1.29 is 47.4 Å². The molecule has 0 heterocycles. The van der Waals surface area contributed by atoms with E-state index in [2.05, 4.69) is 0 Å². The standard InChI is InChI=1S/C8H15BNO3.Y/c1-3-4-10(6-8(12)13)7(11)5-9-2;/h3-6H2,1-2H3,(H,12,13);. The van der Waals surface area contributed by atoms with Crippen LogP contribution < -0.4 is 0 Å². The molecule has 2 radical (unpaired) electrons. The molecular weight excluding hydrogens is 258 g/mol. The number of hydrogen-bond acceptors (Lipinski definition) is 2. The van der Waals surface area contributed by atoms with Crippen LogP contribution in [0.5, 0.6) is 0 Å². The van der Waals surface area contributed by atoms with E-state index in [1.54, 1.807) is 14.1 Å². The zero-order valence-corrected chi connectivity index (χ0v) is 11.5. The Morgan fingerprint density at radius 3 is 2.36 bits per heavy atom. The van der Waals surface area contributed by atoms with E-state index < -0.39 is 5.97 Å². The monoisotopic (exact) mass is 273 g/mol.